The third-order valence-corrected chi connectivity index (χ3v) is 4.55. The van der Waals surface area contributed by atoms with Gasteiger partial charge in [0.25, 0.3) is 0 Å². The lowest BCUT2D eigenvalue weighted by molar-refractivity contribution is 0.201. The molecule has 1 aromatic carbocycles. The van der Waals surface area contributed by atoms with Crippen molar-refractivity contribution in [1.29, 1.82) is 0 Å². The predicted molar refractivity (Wildman–Crippen MR) is 77.9 cm³/mol. The van der Waals surface area contributed by atoms with Crippen LogP contribution in [0.1, 0.15) is 35.4 Å². The van der Waals surface area contributed by atoms with E-state index < -0.39 is 0 Å². The van der Waals surface area contributed by atoms with Gasteiger partial charge in [0.2, 0.25) is 0 Å². The Morgan fingerprint density at radius 3 is 2.53 bits per heavy atom. The number of nitrogens with one attached hydrogen (secondary N) is 1. The molecule has 1 aliphatic heterocycles. The number of benzene rings is 1. The van der Waals surface area contributed by atoms with E-state index in [-0.39, 0.29) is 12.5 Å². The lowest BCUT2D eigenvalue weighted by Gasteiger charge is -2.31. The molecule has 0 amide bonds. The van der Waals surface area contributed by atoms with Crippen LogP contribution in [0.25, 0.3) is 0 Å². The normalized spacial score (nSPS) is 18.3. The SMILES string of the molecule is COc1ccc(C(CO)C2CCNCC2)c(C)c1C. The maximum atomic E-state index is 9.82. The number of hydrogen-bond donors (Lipinski definition) is 2. The molecule has 2 rings (SSSR count). The van der Waals surface area contributed by atoms with Crippen LogP contribution in [0, 0.1) is 19.8 Å². The van der Waals surface area contributed by atoms with E-state index in [9.17, 15) is 5.11 Å². The second-order valence-corrected chi connectivity index (χ2v) is 5.48. The molecule has 3 nitrogen and oxygen atoms in total. The monoisotopic (exact) mass is 263 g/mol. The number of rotatable bonds is 4. The van der Waals surface area contributed by atoms with Crippen LogP contribution in [0.5, 0.6) is 5.75 Å². The lowest BCUT2D eigenvalue weighted by atomic mass is 9.79. The molecule has 1 atom stereocenters. The fraction of sp³-hybridized carbons (Fsp3) is 0.625. The first-order valence-corrected chi connectivity index (χ1v) is 7.14. The lowest BCUT2D eigenvalue weighted by Crippen LogP contribution is -2.32. The Bertz CT molecular complexity index is 425. The zero-order chi connectivity index (χ0) is 13.8. The molecule has 1 saturated heterocycles. The van der Waals surface area contributed by atoms with Crippen LogP contribution in [-0.2, 0) is 0 Å². The standard InChI is InChI=1S/C16H25NO2/c1-11-12(2)16(19-3)5-4-14(11)15(10-18)13-6-8-17-9-7-13/h4-5,13,15,17-18H,6-10H2,1-3H3. The van der Waals surface area contributed by atoms with Gasteiger partial charge in [0.1, 0.15) is 5.75 Å². The molecule has 2 N–H and O–H groups in total. The van der Waals surface area contributed by atoms with Crippen molar-refractivity contribution in [2.75, 3.05) is 26.8 Å². The van der Waals surface area contributed by atoms with Crippen molar-refractivity contribution in [2.45, 2.75) is 32.6 Å². The highest BCUT2D eigenvalue weighted by molar-refractivity contribution is 5.45. The zero-order valence-electron chi connectivity index (χ0n) is 12.2. The molecule has 1 aromatic rings. The fourth-order valence-corrected chi connectivity index (χ4v) is 3.19. The van der Waals surface area contributed by atoms with Crippen molar-refractivity contribution in [1.82, 2.24) is 5.32 Å². The van der Waals surface area contributed by atoms with Crippen molar-refractivity contribution in [2.24, 2.45) is 5.92 Å². The summed E-state index contributed by atoms with van der Waals surface area (Å²) < 4.78 is 5.37. The Morgan fingerprint density at radius 1 is 1.26 bits per heavy atom. The fourth-order valence-electron chi connectivity index (χ4n) is 3.19. The molecule has 0 bridgehead atoms. The van der Waals surface area contributed by atoms with Gasteiger partial charge in [-0.25, -0.2) is 0 Å². The molecule has 1 heterocycles. The summed E-state index contributed by atoms with van der Waals surface area (Å²) in [4.78, 5) is 0. The molecular weight excluding hydrogens is 238 g/mol. The Morgan fingerprint density at radius 2 is 1.95 bits per heavy atom. The highest BCUT2D eigenvalue weighted by Crippen LogP contribution is 2.35. The average Bonchev–Trinajstić information content (AvgIpc) is 2.45. The summed E-state index contributed by atoms with van der Waals surface area (Å²) in [6.45, 7) is 6.59. The third-order valence-electron chi connectivity index (χ3n) is 4.55. The molecule has 3 heteroatoms. The van der Waals surface area contributed by atoms with E-state index in [2.05, 4.69) is 25.2 Å². The topological polar surface area (TPSA) is 41.5 Å². The van der Waals surface area contributed by atoms with E-state index in [1.54, 1.807) is 7.11 Å². The number of aliphatic hydroxyl groups excluding tert-OH is 1. The van der Waals surface area contributed by atoms with E-state index in [0.717, 1.165) is 31.7 Å². The summed E-state index contributed by atoms with van der Waals surface area (Å²) >= 11 is 0. The molecule has 106 valence electrons. The van der Waals surface area contributed by atoms with Crippen molar-refractivity contribution in [3.05, 3.63) is 28.8 Å². The van der Waals surface area contributed by atoms with Crippen LogP contribution < -0.4 is 10.1 Å². The number of aliphatic hydroxyl groups is 1. The van der Waals surface area contributed by atoms with Gasteiger partial charge in [0, 0.05) is 5.92 Å². The van der Waals surface area contributed by atoms with E-state index in [4.69, 9.17) is 4.74 Å². The Labute approximate surface area is 116 Å². The van der Waals surface area contributed by atoms with Crippen LogP contribution in [0.4, 0.5) is 0 Å². The molecule has 0 saturated carbocycles. The first kappa shape index (κ1) is 14.4. The molecule has 19 heavy (non-hydrogen) atoms. The third kappa shape index (κ3) is 2.93. The molecular formula is C16H25NO2. The molecule has 1 aliphatic rings. The van der Waals surface area contributed by atoms with Crippen molar-refractivity contribution >= 4 is 0 Å². The largest absolute Gasteiger partial charge is 0.496 e. The summed E-state index contributed by atoms with van der Waals surface area (Å²) in [5.41, 5.74) is 3.73. The number of hydrogen-bond acceptors (Lipinski definition) is 3. The van der Waals surface area contributed by atoms with Crippen LogP contribution in [-0.4, -0.2) is 31.9 Å². The van der Waals surface area contributed by atoms with E-state index in [1.807, 2.05) is 6.07 Å². The van der Waals surface area contributed by atoms with Crippen molar-refractivity contribution in [3.8, 4) is 5.75 Å². The minimum Gasteiger partial charge on any atom is -0.496 e. The van der Waals surface area contributed by atoms with Crippen LogP contribution >= 0.6 is 0 Å². The highest BCUT2D eigenvalue weighted by Gasteiger charge is 2.26. The van der Waals surface area contributed by atoms with Gasteiger partial charge in [-0.15, -0.1) is 0 Å². The summed E-state index contributed by atoms with van der Waals surface area (Å²) in [6.07, 6.45) is 2.30. The van der Waals surface area contributed by atoms with Crippen LogP contribution in [0.3, 0.4) is 0 Å². The van der Waals surface area contributed by atoms with Gasteiger partial charge in [-0.1, -0.05) is 6.07 Å². The summed E-state index contributed by atoms with van der Waals surface area (Å²) in [5, 5.41) is 13.2. The Kier molecular flexibility index (Phi) is 4.83. The average molecular weight is 263 g/mol. The van der Waals surface area contributed by atoms with Gasteiger partial charge < -0.3 is 15.2 Å². The van der Waals surface area contributed by atoms with E-state index in [1.165, 1.54) is 16.7 Å². The highest BCUT2D eigenvalue weighted by atomic mass is 16.5. The second-order valence-electron chi connectivity index (χ2n) is 5.48. The molecule has 0 spiro atoms. The molecule has 1 fully saturated rings. The maximum Gasteiger partial charge on any atom is 0.122 e. The van der Waals surface area contributed by atoms with E-state index >= 15 is 0 Å². The first-order valence-electron chi connectivity index (χ1n) is 7.14. The number of piperidine rings is 1. The van der Waals surface area contributed by atoms with Gasteiger partial charge in [-0.3, -0.25) is 0 Å². The number of methoxy groups -OCH3 is 1. The minimum atomic E-state index is 0.233. The van der Waals surface area contributed by atoms with Gasteiger partial charge in [0.05, 0.1) is 13.7 Å². The smallest absolute Gasteiger partial charge is 0.122 e. The van der Waals surface area contributed by atoms with Gasteiger partial charge in [-0.05, 0) is 68.5 Å². The number of ether oxygens (including phenoxy) is 1. The minimum absolute atomic E-state index is 0.233. The molecule has 0 radical (unpaired) electrons. The molecule has 1 unspecified atom stereocenters. The summed E-state index contributed by atoms with van der Waals surface area (Å²) in [6, 6.07) is 4.16. The molecule has 0 aromatic heterocycles. The quantitative estimate of drug-likeness (QED) is 0.876. The predicted octanol–water partition coefficient (Wildman–Crippen LogP) is 2.39. The Balaban J connectivity index is 2.30. The van der Waals surface area contributed by atoms with E-state index in [0.29, 0.717) is 5.92 Å². The van der Waals surface area contributed by atoms with Crippen molar-refractivity contribution in [3.63, 3.8) is 0 Å². The van der Waals surface area contributed by atoms with Crippen LogP contribution in [0.2, 0.25) is 0 Å². The maximum absolute atomic E-state index is 9.82. The molecule has 0 aliphatic carbocycles. The first-order chi connectivity index (χ1) is 9.19. The van der Waals surface area contributed by atoms with Gasteiger partial charge >= 0.3 is 0 Å². The Hall–Kier alpha value is -1.06. The van der Waals surface area contributed by atoms with Crippen LogP contribution in [0.15, 0.2) is 12.1 Å². The van der Waals surface area contributed by atoms with Gasteiger partial charge in [0.15, 0.2) is 0 Å². The zero-order valence-corrected chi connectivity index (χ0v) is 12.2. The summed E-state index contributed by atoms with van der Waals surface area (Å²) in [7, 11) is 1.71. The van der Waals surface area contributed by atoms with Gasteiger partial charge in [-0.2, -0.15) is 0 Å². The second kappa shape index (κ2) is 6.40. The summed E-state index contributed by atoms with van der Waals surface area (Å²) in [5.74, 6) is 1.77. The van der Waals surface area contributed by atoms with Crippen molar-refractivity contribution < 1.29 is 9.84 Å².